The van der Waals surface area contributed by atoms with Gasteiger partial charge in [0.05, 0.1) is 24.6 Å². The van der Waals surface area contributed by atoms with Crippen molar-refractivity contribution in [1.29, 1.82) is 0 Å². The van der Waals surface area contributed by atoms with Crippen LogP contribution in [0, 0.1) is 0 Å². The van der Waals surface area contributed by atoms with E-state index < -0.39 is 0 Å². The molecular weight excluding hydrogens is 422 g/mol. The SMILES string of the molecule is CC[C@@H](C)NC(=O)CCn1c(=O)c2ccccc2n2c(=O)n(Cc3cccc(OC)c3)nc12. The van der Waals surface area contributed by atoms with Gasteiger partial charge in [-0.05, 0) is 43.2 Å². The number of ether oxygens (including phenoxy) is 1. The van der Waals surface area contributed by atoms with Crippen LogP contribution in [0.5, 0.6) is 5.75 Å². The summed E-state index contributed by atoms with van der Waals surface area (Å²) in [7, 11) is 1.58. The average Bonchev–Trinajstić information content (AvgIpc) is 3.14. The predicted molar refractivity (Wildman–Crippen MR) is 126 cm³/mol. The Morgan fingerprint density at radius 3 is 2.70 bits per heavy atom. The minimum Gasteiger partial charge on any atom is -0.497 e. The van der Waals surface area contributed by atoms with Gasteiger partial charge in [-0.1, -0.05) is 31.2 Å². The molecule has 1 amide bonds. The molecule has 33 heavy (non-hydrogen) atoms. The van der Waals surface area contributed by atoms with E-state index in [0.717, 1.165) is 12.0 Å². The van der Waals surface area contributed by atoms with Crippen molar-refractivity contribution in [3.8, 4) is 5.75 Å². The number of amides is 1. The number of rotatable bonds is 8. The standard InChI is InChI=1S/C24H27N5O4/c1-4-16(2)25-21(30)12-13-27-22(31)19-10-5-6-11-20(19)29-23(27)26-28(24(29)32)15-17-8-7-9-18(14-17)33-3/h5-11,14,16H,4,12-13,15H2,1-3H3,(H,25,30)/t16-/m1/s1. The maximum atomic E-state index is 13.3. The second kappa shape index (κ2) is 9.32. The van der Waals surface area contributed by atoms with Crippen LogP contribution in [-0.4, -0.2) is 37.8 Å². The molecule has 0 saturated heterocycles. The van der Waals surface area contributed by atoms with Crippen molar-refractivity contribution in [2.24, 2.45) is 0 Å². The summed E-state index contributed by atoms with van der Waals surface area (Å²) in [6.07, 6.45) is 0.922. The molecule has 0 saturated carbocycles. The lowest BCUT2D eigenvalue weighted by molar-refractivity contribution is -0.121. The van der Waals surface area contributed by atoms with Gasteiger partial charge in [0.15, 0.2) is 0 Å². The Morgan fingerprint density at radius 1 is 1.15 bits per heavy atom. The largest absolute Gasteiger partial charge is 0.497 e. The van der Waals surface area contributed by atoms with E-state index in [0.29, 0.717) is 16.7 Å². The van der Waals surface area contributed by atoms with E-state index in [9.17, 15) is 14.4 Å². The number of carbonyl (C=O) groups excluding carboxylic acids is 1. The zero-order chi connectivity index (χ0) is 23.5. The third-order valence-electron chi connectivity index (χ3n) is 5.73. The predicted octanol–water partition coefficient (Wildman–Crippen LogP) is 2.17. The molecule has 0 aliphatic rings. The fraction of sp³-hybridized carbons (Fsp3) is 0.333. The zero-order valence-corrected chi connectivity index (χ0v) is 18.9. The molecule has 2 aromatic heterocycles. The summed E-state index contributed by atoms with van der Waals surface area (Å²) >= 11 is 0. The Morgan fingerprint density at radius 2 is 1.94 bits per heavy atom. The van der Waals surface area contributed by atoms with Gasteiger partial charge in [0, 0.05) is 19.0 Å². The summed E-state index contributed by atoms with van der Waals surface area (Å²) in [5.41, 5.74) is 0.681. The fourth-order valence-corrected chi connectivity index (χ4v) is 3.78. The molecule has 2 aromatic carbocycles. The van der Waals surface area contributed by atoms with Crippen LogP contribution in [0.3, 0.4) is 0 Å². The smallest absolute Gasteiger partial charge is 0.352 e. The summed E-state index contributed by atoms with van der Waals surface area (Å²) in [6, 6.07) is 14.4. The Kier molecular flexibility index (Phi) is 6.30. The van der Waals surface area contributed by atoms with E-state index in [2.05, 4.69) is 10.4 Å². The number of benzene rings is 2. The number of aryl methyl sites for hydroxylation is 1. The van der Waals surface area contributed by atoms with E-state index in [1.807, 2.05) is 38.1 Å². The summed E-state index contributed by atoms with van der Waals surface area (Å²) in [6.45, 7) is 4.25. The van der Waals surface area contributed by atoms with Crippen molar-refractivity contribution in [2.75, 3.05) is 7.11 Å². The summed E-state index contributed by atoms with van der Waals surface area (Å²) in [4.78, 5) is 38.9. The highest BCUT2D eigenvalue weighted by atomic mass is 16.5. The molecule has 0 bridgehead atoms. The maximum absolute atomic E-state index is 13.3. The number of fused-ring (bicyclic) bond motifs is 3. The third kappa shape index (κ3) is 4.39. The van der Waals surface area contributed by atoms with Crippen LogP contribution >= 0.6 is 0 Å². The number of hydrogen-bond acceptors (Lipinski definition) is 5. The minimum absolute atomic E-state index is 0.0514. The van der Waals surface area contributed by atoms with Gasteiger partial charge >= 0.3 is 5.69 Å². The van der Waals surface area contributed by atoms with Gasteiger partial charge in [0.1, 0.15) is 5.75 Å². The van der Waals surface area contributed by atoms with E-state index >= 15 is 0 Å². The van der Waals surface area contributed by atoms with Gasteiger partial charge in [-0.15, -0.1) is 5.10 Å². The van der Waals surface area contributed by atoms with Crippen molar-refractivity contribution < 1.29 is 9.53 Å². The molecule has 0 radical (unpaired) electrons. The Labute approximate surface area is 190 Å². The van der Waals surface area contributed by atoms with Crippen LogP contribution in [0.1, 0.15) is 32.3 Å². The Hall–Kier alpha value is -3.88. The molecule has 0 spiro atoms. The van der Waals surface area contributed by atoms with Crippen LogP contribution in [-0.2, 0) is 17.9 Å². The second-order valence-corrected chi connectivity index (χ2v) is 8.03. The summed E-state index contributed by atoms with van der Waals surface area (Å²) < 4.78 is 9.43. The van der Waals surface area contributed by atoms with E-state index in [1.54, 1.807) is 31.4 Å². The maximum Gasteiger partial charge on any atom is 0.352 e. The zero-order valence-electron chi connectivity index (χ0n) is 18.9. The van der Waals surface area contributed by atoms with Crippen molar-refractivity contribution in [3.63, 3.8) is 0 Å². The molecule has 0 aliphatic heterocycles. The Bertz CT molecular complexity index is 1430. The van der Waals surface area contributed by atoms with E-state index in [4.69, 9.17) is 4.74 Å². The molecule has 9 heteroatoms. The molecule has 0 unspecified atom stereocenters. The van der Waals surface area contributed by atoms with Crippen LogP contribution in [0.15, 0.2) is 58.1 Å². The van der Waals surface area contributed by atoms with Gasteiger partial charge in [0.2, 0.25) is 11.7 Å². The lowest BCUT2D eigenvalue weighted by Gasteiger charge is -2.12. The number of carbonyl (C=O) groups is 1. The van der Waals surface area contributed by atoms with Crippen molar-refractivity contribution in [2.45, 2.75) is 45.8 Å². The number of methoxy groups -OCH3 is 1. The molecule has 172 valence electrons. The number of hydrogen-bond donors (Lipinski definition) is 1. The van der Waals surface area contributed by atoms with E-state index in [1.165, 1.54) is 13.6 Å². The van der Waals surface area contributed by atoms with Gasteiger partial charge in [-0.2, -0.15) is 0 Å². The van der Waals surface area contributed by atoms with Crippen molar-refractivity contribution >= 4 is 22.6 Å². The van der Waals surface area contributed by atoms with Crippen molar-refractivity contribution in [3.05, 3.63) is 74.9 Å². The van der Waals surface area contributed by atoms with Crippen molar-refractivity contribution in [1.82, 2.24) is 24.1 Å². The highest BCUT2D eigenvalue weighted by Crippen LogP contribution is 2.14. The normalized spacial score (nSPS) is 12.2. The first kappa shape index (κ1) is 22.3. The van der Waals surface area contributed by atoms with Gasteiger partial charge in [0.25, 0.3) is 5.56 Å². The molecule has 0 aliphatic carbocycles. The summed E-state index contributed by atoms with van der Waals surface area (Å²) in [5.74, 6) is 0.739. The average molecular weight is 450 g/mol. The summed E-state index contributed by atoms with van der Waals surface area (Å²) in [5, 5.41) is 7.79. The first-order chi connectivity index (χ1) is 15.9. The number of nitrogens with one attached hydrogen (secondary N) is 1. The van der Waals surface area contributed by atoms with Crippen LogP contribution in [0.25, 0.3) is 16.7 Å². The number of aromatic nitrogens is 4. The van der Waals surface area contributed by atoms with Gasteiger partial charge in [-0.3, -0.25) is 14.2 Å². The minimum atomic E-state index is -0.359. The van der Waals surface area contributed by atoms with E-state index in [-0.39, 0.29) is 48.5 Å². The van der Waals surface area contributed by atoms with Crippen LogP contribution < -0.4 is 21.3 Å². The van der Waals surface area contributed by atoms with Gasteiger partial charge in [-0.25, -0.2) is 13.9 Å². The van der Waals surface area contributed by atoms with Gasteiger partial charge < -0.3 is 10.1 Å². The lowest BCUT2D eigenvalue weighted by Crippen LogP contribution is -2.34. The Balaban J connectivity index is 1.80. The lowest BCUT2D eigenvalue weighted by atomic mass is 10.2. The molecule has 2 heterocycles. The highest BCUT2D eigenvalue weighted by Gasteiger charge is 2.18. The highest BCUT2D eigenvalue weighted by molar-refractivity contribution is 5.80. The fourth-order valence-electron chi connectivity index (χ4n) is 3.78. The first-order valence-electron chi connectivity index (χ1n) is 11.0. The van der Waals surface area contributed by atoms with Crippen LogP contribution in [0.2, 0.25) is 0 Å². The molecule has 0 fully saturated rings. The number of nitrogens with zero attached hydrogens (tertiary/aromatic N) is 4. The third-order valence-corrected chi connectivity index (χ3v) is 5.73. The topological polar surface area (TPSA) is 99.6 Å². The number of para-hydroxylation sites is 1. The quantitative estimate of drug-likeness (QED) is 0.444. The molecule has 1 N–H and O–H groups in total. The molecule has 4 aromatic rings. The second-order valence-electron chi connectivity index (χ2n) is 8.03. The first-order valence-corrected chi connectivity index (χ1v) is 11.0. The van der Waals surface area contributed by atoms with Crippen LogP contribution in [0.4, 0.5) is 0 Å². The molecule has 9 nitrogen and oxygen atoms in total. The molecular formula is C24H27N5O4. The molecule has 4 rings (SSSR count). The molecule has 1 atom stereocenters. The monoisotopic (exact) mass is 449 g/mol.